The van der Waals surface area contributed by atoms with Gasteiger partial charge in [0.15, 0.2) is 0 Å². The first-order valence-electron chi connectivity index (χ1n) is 8.05. The van der Waals surface area contributed by atoms with Crippen LogP contribution in [0.15, 0.2) is 12.1 Å². The first-order chi connectivity index (χ1) is 10.7. The van der Waals surface area contributed by atoms with E-state index in [1.807, 2.05) is 6.07 Å². The molecule has 1 aromatic rings. The molecule has 1 aromatic carbocycles. The molecule has 3 rings (SSSR count). The lowest BCUT2D eigenvalue weighted by molar-refractivity contribution is -0.122. The number of rotatable bonds is 4. The molecule has 5 heteroatoms. The second-order valence-corrected chi connectivity index (χ2v) is 6.12. The second kappa shape index (κ2) is 6.57. The quantitative estimate of drug-likeness (QED) is 0.890. The highest BCUT2D eigenvalue weighted by Crippen LogP contribution is 2.35. The number of methoxy groups -OCH3 is 1. The average molecular weight is 304 g/mol. The van der Waals surface area contributed by atoms with Crippen LogP contribution >= 0.6 is 0 Å². The average Bonchev–Trinajstić information content (AvgIpc) is 2.74. The standard InChI is InChI=1S/C17H24N2O3/c1-11-7-12-8-15(21-2)13(9-16(12)22-11)10-19-14-5-3-4-6-18-17(14)20/h8-9,11,14,19H,3-7,10H2,1-2H3,(H,18,20)/t11-,14-/m1/s1. The maximum atomic E-state index is 12.0. The fourth-order valence-electron chi connectivity index (χ4n) is 3.18. The highest BCUT2D eigenvalue weighted by atomic mass is 16.5. The lowest BCUT2D eigenvalue weighted by atomic mass is 10.1. The molecule has 0 saturated carbocycles. The van der Waals surface area contributed by atoms with Crippen LogP contribution in [-0.2, 0) is 17.8 Å². The molecule has 2 aliphatic heterocycles. The zero-order valence-corrected chi connectivity index (χ0v) is 13.3. The van der Waals surface area contributed by atoms with E-state index in [9.17, 15) is 4.79 Å². The van der Waals surface area contributed by atoms with Gasteiger partial charge in [0.05, 0.1) is 13.2 Å². The van der Waals surface area contributed by atoms with E-state index in [4.69, 9.17) is 9.47 Å². The molecule has 0 aliphatic carbocycles. The lowest BCUT2D eigenvalue weighted by Crippen LogP contribution is -2.42. The number of carbonyl (C=O) groups is 1. The third-order valence-electron chi connectivity index (χ3n) is 4.37. The molecule has 5 nitrogen and oxygen atoms in total. The minimum Gasteiger partial charge on any atom is -0.496 e. The largest absolute Gasteiger partial charge is 0.496 e. The number of benzene rings is 1. The topological polar surface area (TPSA) is 59.6 Å². The molecule has 22 heavy (non-hydrogen) atoms. The Kier molecular flexibility index (Phi) is 4.52. The van der Waals surface area contributed by atoms with E-state index in [-0.39, 0.29) is 18.1 Å². The molecule has 120 valence electrons. The van der Waals surface area contributed by atoms with Gasteiger partial charge in [0.25, 0.3) is 0 Å². The normalized spacial score (nSPS) is 24.2. The molecule has 2 heterocycles. The molecule has 0 spiro atoms. The maximum absolute atomic E-state index is 12.0. The van der Waals surface area contributed by atoms with Crippen LogP contribution in [0.5, 0.6) is 11.5 Å². The number of hydrogen-bond acceptors (Lipinski definition) is 4. The summed E-state index contributed by atoms with van der Waals surface area (Å²) in [4.78, 5) is 12.0. The Morgan fingerprint density at radius 2 is 2.27 bits per heavy atom. The van der Waals surface area contributed by atoms with Crippen LogP contribution in [0.3, 0.4) is 0 Å². The summed E-state index contributed by atoms with van der Waals surface area (Å²) in [6.07, 6.45) is 4.14. The summed E-state index contributed by atoms with van der Waals surface area (Å²) in [5, 5.41) is 6.31. The number of ether oxygens (including phenoxy) is 2. The van der Waals surface area contributed by atoms with E-state index < -0.39 is 0 Å². The van der Waals surface area contributed by atoms with Crippen molar-refractivity contribution in [2.75, 3.05) is 13.7 Å². The molecule has 2 atom stereocenters. The van der Waals surface area contributed by atoms with Gasteiger partial charge in [-0.15, -0.1) is 0 Å². The van der Waals surface area contributed by atoms with Crippen LogP contribution in [0.25, 0.3) is 0 Å². The Balaban J connectivity index is 1.72. The van der Waals surface area contributed by atoms with Gasteiger partial charge in [0.1, 0.15) is 17.6 Å². The second-order valence-electron chi connectivity index (χ2n) is 6.12. The van der Waals surface area contributed by atoms with Crippen molar-refractivity contribution in [2.24, 2.45) is 0 Å². The number of carbonyl (C=O) groups excluding carboxylic acids is 1. The molecule has 0 bridgehead atoms. The van der Waals surface area contributed by atoms with Crippen LogP contribution in [0.2, 0.25) is 0 Å². The van der Waals surface area contributed by atoms with E-state index in [0.717, 1.165) is 49.3 Å². The summed E-state index contributed by atoms with van der Waals surface area (Å²) >= 11 is 0. The van der Waals surface area contributed by atoms with E-state index in [2.05, 4.69) is 23.6 Å². The summed E-state index contributed by atoms with van der Waals surface area (Å²) < 4.78 is 11.3. The Morgan fingerprint density at radius 1 is 1.41 bits per heavy atom. The number of hydrogen-bond donors (Lipinski definition) is 2. The SMILES string of the molecule is COc1cc2c(cc1CN[C@@H]1CCCCNC1=O)O[C@H](C)C2. The van der Waals surface area contributed by atoms with Crippen LogP contribution in [0, 0.1) is 0 Å². The van der Waals surface area contributed by atoms with E-state index >= 15 is 0 Å². The first kappa shape index (κ1) is 15.2. The highest BCUT2D eigenvalue weighted by molar-refractivity contribution is 5.81. The summed E-state index contributed by atoms with van der Waals surface area (Å²) in [6.45, 7) is 3.46. The Hall–Kier alpha value is -1.75. The van der Waals surface area contributed by atoms with Crippen molar-refractivity contribution >= 4 is 5.91 Å². The van der Waals surface area contributed by atoms with Crippen LogP contribution in [-0.4, -0.2) is 31.7 Å². The van der Waals surface area contributed by atoms with Gasteiger partial charge in [-0.2, -0.15) is 0 Å². The monoisotopic (exact) mass is 304 g/mol. The molecule has 2 aliphatic rings. The van der Waals surface area contributed by atoms with E-state index in [1.165, 1.54) is 5.56 Å². The first-order valence-corrected chi connectivity index (χ1v) is 8.05. The van der Waals surface area contributed by atoms with Gasteiger partial charge < -0.3 is 20.1 Å². The smallest absolute Gasteiger partial charge is 0.237 e. The predicted molar refractivity (Wildman–Crippen MR) is 84.3 cm³/mol. The van der Waals surface area contributed by atoms with Gasteiger partial charge in [-0.05, 0) is 38.3 Å². The van der Waals surface area contributed by atoms with Crippen molar-refractivity contribution in [1.29, 1.82) is 0 Å². The van der Waals surface area contributed by atoms with Crippen molar-refractivity contribution in [3.8, 4) is 11.5 Å². The van der Waals surface area contributed by atoms with Crippen molar-refractivity contribution < 1.29 is 14.3 Å². The summed E-state index contributed by atoms with van der Waals surface area (Å²) in [5.74, 6) is 1.90. The summed E-state index contributed by atoms with van der Waals surface area (Å²) in [7, 11) is 1.68. The lowest BCUT2D eigenvalue weighted by Gasteiger charge is -2.17. The van der Waals surface area contributed by atoms with E-state index in [1.54, 1.807) is 7.11 Å². The minimum atomic E-state index is -0.125. The molecular formula is C17H24N2O3. The van der Waals surface area contributed by atoms with Gasteiger partial charge in [-0.25, -0.2) is 0 Å². The molecule has 0 radical (unpaired) electrons. The molecule has 1 saturated heterocycles. The third kappa shape index (κ3) is 3.19. The minimum absolute atomic E-state index is 0.0995. The Morgan fingerprint density at radius 3 is 3.09 bits per heavy atom. The maximum Gasteiger partial charge on any atom is 0.237 e. The molecule has 0 unspecified atom stereocenters. The van der Waals surface area contributed by atoms with Gasteiger partial charge in [-0.3, -0.25) is 4.79 Å². The number of nitrogens with one attached hydrogen (secondary N) is 2. The van der Waals surface area contributed by atoms with Crippen LogP contribution in [0.4, 0.5) is 0 Å². The summed E-state index contributed by atoms with van der Waals surface area (Å²) in [5.41, 5.74) is 2.23. The molecule has 2 N–H and O–H groups in total. The van der Waals surface area contributed by atoms with Crippen LogP contribution in [0.1, 0.15) is 37.3 Å². The third-order valence-corrected chi connectivity index (χ3v) is 4.37. The zero-order chi connectivity index (χ0) is 15.5. The van der Waals surface area contributed by atoms with Crippen molar-refractivity contribution in [2.45, 2.75) is 51.3 Å². The van der Waals surface area contributed by atoms with Gasteiger partial charge in [-0.1, -0.05) is 0 Å². The highest BCUT2D eigenvalue weighted by Gasteiger charge is 2.23. The Labute approximate surface area is 131 Å². The fraction of sp³-hybridized carbons (Fsp3) is 0.588. The van der Waals surface area contributed by atoms with E-state index in [0.29, 0.717) is 6.54 Å². The predicted octanol–water partition coefficient (Wildman–Crippen LogP) is 1.78. The van der Waals surface area contributed by atoms with Gasteiger partial charge >= 0.3 is 0 Å². The fourth-order valence-corrected chi connectivity index (χ4v) is 3.18. The van der Waals surface area contributed by atoms with Crippen molar-refractivity contribution in [3.05, 3.63) is 23.3 Å². The molecule has 1 amide bonds. The zero-order valence-electron chi connectivity index (χ0n) is 13.3. The number of amides is 1. The molecule has 0 aromatic heterocycles. The molecular weight excluding hydrogens is 280 g/mol. The molecule has 1 fully saturated rings. The van der Waals surface area contributed by atoms with Crippen molar-refractivity contribution in [1.82, 2.24) is 10.6 Å². The van der Waals surface area contributed by atoms with Gasteiger partial charge in [0.2, 0.25) is 5.91 Å². The van der Waals surface area contributed by atoms with Crippen LogP contribution < -0.4 is 20.1 Å². The van der Waals surface area contributed by atoms with Gasteiger partial charge in [0, 0.05) is 30.6 Å². The number of fused-ring (bicyclic) bond motifs is 1. The summed E-state index contributed by atoms with van der Waals surface area (Å²) in [6, 6.07) is 3.97. The Bertz CT molecular complexity index is 559. The van der Waals surface area contributed by atoms with Crippen molar-refractivity contribution in [3.63, 3.8) is 0 Å².